The highest BCUT2D eigenvalue weighted by Crippen LogP contribution is 2.39. The number of aryl methyl sites for hydroxylation is 1. The largest absolute Gasteiger partial charge is 0.503 e. The van der Waals surface area contributed by atoms with Gasteiger partial charge in [0.15, 0.2) is 11.5 Å². The number of ketones is 1. The predicted octanol–water partition coefficient (Wildman–Crippen LogP) is 4.69. The van der Waals surface area contributed by atoms with Crippen molar-refractivity contribution in [3.05, 3.63) is 64.8 Å². The van der Waals surface area contributed by atoms with Crippen LogP contribution in [0.15, 0.2) is 52.1 Å². The molecule has 1 amide bonds. The van der Waals surface area contributed by atoms with Crippen molar-refractivity contribution in [2.75, 3.05) is 32.8 Å². The lowest BCUT2D eigenvalue weighted by Gasteiger charge is -2.28. The van der Waals surface area contributed by atoms with Crippen molar-refractivity contribution in [2.24, 2.45) is 0 Å². The Labute approximate surface area is 195 Å². The average Bonchev–Trinajstić information content (AvgIpc) is 3.37. The number of nitrogens with zero attached hydrogens (tertiary/aromatic N) is 2. The summed E-state index contributed by atoms with van der Waals surface area (Å²) in [5.41, 5.74) is 0.796. The normalized spacial score (nSPS) is 16.2. The van der Waals surface area contributed by atoms with Crippen LogP contribution in [0.2, 0.25) is 0 Å². The number of amides is 1. The van der Waals surface area contributed by atoms with Crippen molar-refractivity contribution in [3.63, 3.8) is 0 Å². The molecular formula is C26H34N2O5. The van der Waals surface area contributed by atoms with Crippen LogP contribution in [-0.4, -0.2) is 59.4 Å². The maximum Gasteiger partial charge on any atom is 0.290 e. The molecule has 0 aliphatic carbocycles. The van der Waals surface area contributed by atoms with E-state index in [1.54, 1.807) is 24.0 Å². The van der Waals surface area contributed by atoms with E-state index in [-0.39, 0.29) is 11.3 Å². The second kappa shape index (κ2) is 11.2. The van der Waals surface area contributed by atoms with E-state index in [2.05, 4.69) is 18.7 Å². The number of furan rings is 1. The lowest BCUT2D eigenvalue weighted by Crippen LogP contribution is -2.34. The summed E-state index contributed by atoms with van der Waals surface area (Å²) in [6, 6.07) is 9.94. The van der Waals surface area contributed by atoms with Gasteiger partial charge in [-0.25, -0.2) is 0 Å². The predicted molar refractivity (Wildman–Crippen MR) is 127 cm³/mol. The van der Waals surface area contributed by atoms with Gasteiger partial charge >= 0.3 is 0 Å². The molecule has 178 valence electrons. The fraction of sp³-hybridized carbons (Fsp3) is 0.462. The third-order valence-corrected chi connectivity index (χ3v) is 5.95. The van der Waals surface area contributed by atoms with Gasteiger partial charge in [0, 0.05) is 6.54 Å². The number of aliphatic hydroxyl groups excluding tert-OH is 1. The summed E-state index contributed by atoms with van der Waals surface area (Å²) in [7, 11) is 0. The first kappa shape index (κ1) is 24.6. The Morgan fingerprint density at radius 2 is 1.82 bits per heavy atom. The summed E-state index contributed by atoms with van der Waals surface area (Å²) in [5.74, 6) is -0.0875. The number of benzene rings is 1. The molecule has 0 unspecified atom stereocenters. The molecule has 1 N–H and O–H groups in total. The fourth-order valence-corrected chi connectivity index (χ4v) is 4.12. The zero-order chi connectivity index (χ0) is 24.0. The molecule has 1 aromatic heterocycles. The van der Waals surface area contributed by atoms with Crippen LogP contribution in [-0.2, 0) is 4.79 Å². The smallest absolute Gasteiger partial charge is 0.290 e. The first-order chi connectivity index (χ1) is 15.9. The van der Waals surface area contributed by atoms with Gasteiger partial charge in [0.2, 0.25) is 5.78 Å². The van der Waals surface area contributed by atoms with Gasteiger partial charge in [-0.2, -0.15) is 0 Å². The highest BCUT2D eigenvalue weighted by molar-refractivity contribution is 6.15. The Morgan fingerprint density at radius 3 is 2.39 bits per heavy atom. The minimum absolute atomic E-state index is 0.0550. The average molecular weight is 455 g/mol. The van der Waals surface area contributed by atoms with Crippen molar-refractivity contribution in [1.82, 2.24) is 9.80 Å². The number of hydrogen-bond donors (Lipinski definition) is 1. The molecule has 0 saturated heterocycles. The van der Waals surface area contributed by atoms with E-state index in [0.717, 1.165) is 43.8 Å². The summed E-state index contributed by atoms with van der Waals surface area (Å²) in [6.07, 6.45) is 1.63. The Balaban J connectivity index is 1.92. The van der Waals surface area contributed by atoms with E-state index >= 15 is 0 Å². The Bertz CT molecular complexity index is 988. The highest BCUT2D eigenvalue weighted by Gasteiger charge is 2.44. The van der Waals surface area contributed by atoms with Gasteiger partial charge in [0.25, 0.3) is 5.91 Å². The minimum atomic E-state index is -0.688. The number of hydrogen-bond acceptors (Lipinski definition) is 6. The zero-order valence-corrected chi connectivity index (χ0v) is 20.0. The van der Waals surface area contributed by atoms with Crippen LogP contribution in [0.25, 0.3) is 0 Å². The summed E-state index contributed by atoms with van der Waals surface area (Å²) in [5, 5.41) is 10.8. The molecule has 2 aromatic rings. The van der Waals surface area contributed by atoms with Gasteiger partial charge in [-0.1, -0.05) is 32.9 Å². The van der Waals surface area contributed by atoms with Gasteiger partial charge in [-0.15, -0.1) is 0 Å². The maximum atomic E-state index is 13.3. The minimum Gasteiger partial charge on any atom is -0.503 e. The van der Waals surface area contributed by atoms with Crippen molar-refractivity contribution in [3.8, 4) is 5.75 Å². The Kier molecular flexibility index (Phi) is 8.33. The Hall–Kier alpha value is -3.06. The molecule has 1 atom stereocenters. The molecule has 3 rings (SSSR count). The summed E-state index contributed by atoms with van der Waals surface area (Å²) >= 11 is 0. The topological polar surface area (TPSA) is 83.2 Å². The molecule has 0 spiro atoms. The third kappa shape index (κ3) is 5.47. The second-order valence-corrected chi connectivity index (χ2v) is 8.20. The lowest BCUT2D eigenvalue weighted by molar-refractivity contribution is -0.129. The van der Waals surface area contributed by atoms with E-state index in [0.29, 0.717) is 18.9 Å². The van der Waals surface area contributed by atoms with Crippen LogP contribution in [0, 0.1) is 6.92 Å². The molecule has 7 heteroatoms. The maximum absolute atomic E-state index is 13.3. The van der Waals surface area contributed by atoms with Gasteiger partial charge in [0.1, 0.15) is 11.5 Å². The summed E-state index contributed by atoms with van der Waals surface area (Å²) in [4.78, 5) is 30.2. The number of carbonyl (C=O) groups excluding carboxylic acids is 2. The highest BCUT2D eigenvalue weighted by atomic mass is 16.5. The molecule has 0 radical (unpaired) electrons. The monoisotopic (exact) mass is 454 g/mol. The number of aliphatic hydroxyl groups is 1. The van der Waals surface area contributed by atoms with E-state index in [1.807, 2.05) is 31.2 Å². The van der Waals surface area contributed by atoms with Crippen LogP contribution in [0.5, 0.6) is 5.75 Å². The van der Waals surface area contributed by atoms with Crippen molar-refractivity contribution in [2.45, 2.75) is 46.6 Å². The van der Waals surface area contributed by atoms with Crippen molar-refractivity contribution < 1.29 is 23.8 Å². The molecule has 1 aromatic carbocycles. The molecule has 0 saturated carbocycles. The SMILES string of the molecule is CCCOc1ccc([C@H]2C(C(=O)c3ccc(C)o3)=C(O)C(=O)N2CCCN(CC)CC)cc1. The Morgan fingerprint density at radius 1 is 1.12 bits per heavy atom. The van der Waals surface area contributed by atoms with Crippen LogP contribution in [0.4, 0.5) is 0 Å². The molecular weight excluding hydrogens is 420 g/mol. The van der Waals surface area contributed by atoms with Crippen LogP contribution >= 0.6 is 0 Å². The summed E-state index contributed by atoms with van der Waals surface area (Å²) in [6.45, 7) is 11.7. The van der Waals surface area contributed by atoms with E-state index in [4.69, 9.17) is 9.15 Å². The van der Waals surface area contributed by atoms with Gasteiger partial charge in [-0.05, 0) is 69.2 Å². The summed E-state index contributed by atoms with van der Waals surface area (Å²) < 4.78 is 11.2. The van der Waals surface area contributed by atoms with Gasteiger partial charge < -0.3 is 24.1 Å². The van der Waals surface area contributed by atoms with Crippen LogP contribution in [0.3, 0.4) is 0 Å². The van der Waals surface area contributed by atoms with E-state index in [9.17, 15) is 14.7 Å². The number of carbonyl (C=O) groups is 2. The van der Waals surface area contributed by atoms with Gasteiger partial charge in [0.05, 0.1) is 18.2 Å². The fourth-order valence-electron chi connectivity index (χ4n) is 4.12. The van der Waals surface area contributed by atoms with E-state index in [1.165, 1.54) is 0 Å². The lowest BCUT2D eigenvalue weighted by atomic mass is 9.95. The molecule has 1 aliphatic heterocycles. The van der Waals surface area contributed by atoms with Crippen LogP contribution in [0.1, 0.15) is 61.5 Å². The number of Topliss-reactive ketones (excluding diaryl/α,β-unsaturated/α-hetero) is 1. The second-order valence-electron chi connectivity index (χ2n) is 8.20. The molecule has 0 fully saturated rings. The standard InChI is InChI=1S/C26H34N2O5/c1-5-17-32-20-12-10-19(11-13-20)23-22(24(29)21-14-9-18(4)33-21)25(30)26(31)28(23)16-8-15-27(6-2)7-3/h9-14,23,30H,5-8,15-17H2,1-4H3/t23-/m0/s1. The first-order valence-corrected chi connectivity index (χ1v) is 11.7. The first-order valence-electron chi connectivity index (χ1n) is 11.7. The molecule has 0 bridgehead atoms. The third-order valence-electron chi connectivity index (χ3n) is 5.95. The molecule has 2 heterocycles. The molecule has 7 nitrogen and oxygen atoms in total. The number of rotatable bonds is 12. The quantitative estimate of drug-likeness (QED) is 0.469. The van der Waals surface area contributed by atoms with E-state index < -0.39 is 23.5 Å². The molecule has 33 heavy (non-hydrogen) atoms. The zero-order valence-electron chi connectivity index (χ0n) is 20.0. The number of ether oxygens (including phenoxy) is 1. The van der Waals surface area contributed by atoms with Crippen LogP contribution < -0.4 is 4.74 Å². The van der Waals surface area contributed by atoms with Crippen molar-refractivity contribution >= 4 is 11.7 Å². The van der Waals surface area contributed by atoms with Gasteiger partial charge in [-0.3, -0.25) is 9.59 Å². The molecule has 1 aliphatic rings. The van der Waals surface area contributed by atoms with Crippen molar-refractivity contribution in [1.29, 1.82) is 0 Å².